The highest BCUT2D eigenvalue weighted by Crippen LogP contribution is 2.23. The lowest BCUT2D eigenvalue weighted by Crippen LogP contribution is -2.17. The van der Waals surface area contributed by atoms with Gasteiger partial charge in [-0.1, -0.05) is 23.8 Å². The Morgan fingerprint density at radius 3 is 2.41 bits per heavy atom. The van der Waals surface area contributed by atoms with Crippen LogP contribution in [0.2, 0.25) is 0 Å². The van der Waals surface area contributed by atoms with Crippen LogP contribution < -0.4 is 10.6 Å². The number of pyridine rings is 1. The number of hydrogen-bond acceptors (Lipinski definition) is 3. The molecule has 3 nitrogen and oxygen atoms in total. The lowest BCUT2D eigenvalue weighted by atomic mass is 10.2. The quantitative estimate of drug-likeness (QED) is 0.876. The third kappa shape index (κ3) is 2.56. The molecule has 0 aliphatic carbocycles. The molecule has 0 saturated carbocycles. The Kier molecular flexibility index (Phi) is 3.28. The summed E-state index contributed by atoms with van der Waals surface area (Å²) in [5.74, 6) is 1.43. The van der Waals surface area contributed by atoms with Gasteiger partial charge in [0, 0.05) is 12.2 Å². The Bertz CT molecular complexity index is 491. The summed E-state index contributed by atoms with van der Waals surface area (Å²) < 4.78 is 0. The average Bonchev–Trinajstić information content (AvgIpc) is 2.33. The van der Waals surface area contributed by atoms with E-state index in [1.54, 1.807) is 6.07 Å². The standard InChI is InChI=1S/C14H17N3/c1-3-17(12-9-7-11(2)8-10-12)14-6-4-5-13(15)16-14/h4-10H,3H2,1-2H3,(H2,15,16). The van der Waals surface area contributed by atoms with Gasteiger partial charge in [-0.3, -0.25) is 0 Å². The summed E-state index contributed by atoms with van der Waals surface area (Å²) in [5.41, 5.74) is 8.11. The summed E-state index contributed by atoms with van der Waals surface area (Å²) in [6, 6.07) is 14.1. The Labute approximate surface area is 102 Å². The third-order valence-corrected chi connectivity index (χ3v) is 2.69. The van der Waals surface area contributed by atoms with E-state index >= 15 is 0 Å². The van der Waals surface area contributed by atoms with Gasteiger partial charge in [-0.15, -0.1) is 0 Å². The zero-order valence-electron chi connectivity index (χ0n) is 10.2. The second-order valence-corrected chi connectivity index (χ2v) is 4.00. The van der Waals surface area contributed by atoms with Crippen LogP contribution in [-0.2, 0) is 0 Å². The van der Waals surface area contributed by atoms with Crippen LogP contribution in [0.5, 0.6) is 0 Å². The molecule has 3 heteroatoms. The monoisotopic (exact) mass is 227 g/mol. The molecular weight excluding hydrogens is 210 g/mol. The van der Waals surface area contributed by atoms with Crippen molar-refractivity contribution in [3.05, 3.63) is 48.0 Å². The van der Waals surface area contributed by atoms with Crippen molar-refractivity contribution in [3.8, 4) is 0 Å². The lowest BCUT2D eigenvalue weighted by molar-refractivity contribution is 0.991. The van der Waals surface area contributed by atoms with E-state index < -0.39 is 0 Å². The van der Waals surface area contributed by atoms with Crippen molar-refractivity contribution in [2.75, 3.05) is 17.2 Å². The fraction of sp³-hybridized carbons (Fsp3) is 0.214. The maximum absolute atomic E-state index is 5.72. The second kappa shape index (κ2) is 4.87. The summed E-state index contributed by atoms with van der Waals surface area (Å²) in [5, 5.41) is 0. The van der Waals surface area contributed by atoms with E-state index in [-0.39, 0.29) is 0 Å². The molecule has 2 rings (SSSR count). The molecule has 0 saturated heterocycles. The number of benzene rings is 1. The van der Waals surface area contributed by atoms with Gasteiger partial charge in [0.05, 0.1) is 0 Å². The van der Waals surface area contributed by atoms with E-state index in [1.807, 2.05) is 12.1 Å². The summed E-state index contributed by atoms with van der Waals surface area (Å²) >= 11 is 0. The van der Waals surface area contributed by atoms with Crippen LogP contribution in [0.4, 0.5) is 17.3 Å². The van der Waals surface area contributed by atoms with Gasteiger partial charge in [0.2, 0.25) is 0 Å². The van der Waals surface area contributed by atoms with Crippen molar-refractivity contribution in [2.24, 2.45) is 0 Å². The van der Waals surface area contributed by atoms with Crippen molar-refractivity contribution in [1.82, 2.24) is 4.98 Å². The number of aryl methyl sites for hydroxylation is 1. The highest BCUT2D eigenvalue weighted by atomic mass is 15.2. The predicted octanol–water partition coefficient (Wildman–Crippen LogP) is 3.13. The molecule has 0 spiro atoms. The van der Waals surface area contributed by atoms with Crippen molar-refractivity contribution in [2.45, 2.75) is 13.8 Å². The largest absolute Gasteiger partial charge is 0.384 e. The van der Waals surface area contributed by atoms with Crippen LogP contribution in [0.15, 0.2) is 42.5 Å². The van der Waals surface area contributed by atoms with Gasteiger partial charge in [0.1, 0.15) is 11.6 Å². The third-order valence-electron chi connectivity index (χ3n) is 2.69. The van der Waals surface area contributed by atoms with E-state index in [0.717, 1.165) is 18.1 Å². The fourth-order valence-corrected chi connectivity index (χ4v) is 1.79. The molecule has 0 atom stereocenters. The molecule has 2 aromatic rings. The SMILES string of the molecule is CCN(c1ccc(C)cc1)c1cccc(N)n1. The number of aromatic nitrogens is 1. The Morgan fingerprint density at radius 1 is 1.12 bits per heavy atom. The molecule has 17 heavy (non-hydrogen) atoms. The topological polar surface area (TPSA) is 42.1 Å². The maximum Gasteiger partial charge on any atom is 0.135 e. The lowest BCUT2D eigenvalue weighted by Gasteiger charge is -2.22. The number of nitrogen functional groups attached to an aromatic ring is 1. The zero-order valence-corrected chi connectivity index (χ0v) is 10.2. The first kappa shape index (κ1) is 11.5. The van der Waals surface area contributed by atoms with E-state index in [2.05, 4.69) is 48.0 Å². The van der Waals surface area contributed by atoms with Crippen LogP contribution >= 0.6 is 0 Å². The Hall–Kier alpha value is -2.03. The minimum atomic E-state index is 0.549. The zero-order chi connectivity index (χ0) is 12.3. The molecule has 1 aromatic heterocycles. The van der Waals surface area contributed by atoms with Gasteiger partial charge in [0.15, 0.2) is 0 Å². The average molecular weight is 227 g/mol. The van der Waals surface area contributed by atoms with E-state index in [0.29, 0.717) is 5.82 Å². The normalized spacial score (nSPS) is 10.2. The molecular formula is C14H17N3. The first-order valence-corrected chi connectivity index (χ1v) is 5.77. The second-order valence-electron chi connectivity index (χ2n) is 4.00. The Morgan fingerprint density at radius 2 is 1.82 bits per heavy atom. The minimum Gasteiger partial charge on any atom is -0.384 e. The molecule has 0 unspecified atom stereocenters. The number of anilines is 3. The smallest absolute Gasteiger partial charge is 0.135 e. The van der Waals surface area contributed by atoms with Crippen LogP contribution in [-0.4, -0.2) is 11.5 Å². The molecule has 88 valence electrons. The van der Waals surface area contributed by atoms with E-state index in [9.17, 15) is 0 Å². The number of rotatable bonds is 3. The summed E-state index contributed by atoms with van der Waals surface area (Å²) in [6.07, 6.45) is 0. The molecule has 0 aliphatic rings. The van der Waals surface area contributed by atoms with Gasteiger partial charge >= 0.3 is 0 Å². The van der Waals surface area contributed by atoms with Crippen LogP contribution in [0.3, 0.4) is 0 Å². The van der Waals surface area contributed by atoms with E-state index in [4.69, 9.17) is 5.73 Å². The summed E-state index contributed by atoms with van der Waals surface area (Å²) in [6.45, 7) is 5.04. The highest BCUT2D eigenvalue weighted by Gasteiger charge is 2.07. The fourth-order valence-electron chi connectivity index (χ4n) is 1.79. The first-order chi connectivity index (χ1) is 8.20. The maximum atomic E-state index is 5.72. The molecule has 2 N–H and O–H groups in total. The van der Waals surface area contributed by atoms with E-state index in [1.165, 1.54) is 5.56 Å². The number of nitrogens with zero attached hydrogens (tertiary/aromatic N) is 2. The first-order valence-electron chi connectivity index (χ1n) is 5.77. The molecule has 0 fully saturated rings. The summed E-state index contributed by atoms with van der Waals surface area (Å²) in [4.78, 5) is 6.48. The van der Waals surface area contributed by atoms with Crippen LogP contribution in [0.25, 0.3) is 0 Å². The Balaban J connectivity index is 2.36. The molecule has 1 heterocycles. The summed E-state index contributed by atoms with van der Waals surface area (Å²) in [7, 11) is 0. The van der Waals surface area contributed by atoms with Crippen LogP contribution in [0, 0.1) is 6.92 Å². The molecule has 0 aliphatic heterocycles. The van der Waals surface area contributed by atoms with Crippen molar-refractivity contribution >= 4 is 17.3 Å². The molecule has 0 radical (unpaired) electrons. The molecule has 0 amide bonds. The van der Waals surface area contributed by atoms with Crippen molar-refractivity contribution in [1.29, 1.82) is 0 Å². The van der Waals surface area contributed by atoms with Gasteiger partial charge in [-0.2, -0.15) is 0 Å². The highest BCUT2D eigenvalue weighted by molar-refractivity contribution is 5.61. The predicted molar refractivity (Wildman–Crippen MR) is 72.5 cm³/mol. The van der Waals surface area contributed by atoms with Crippen molar-refractivity contribution < 1.29 is 0 Å². The number of hydrogen-bond donors (Lipinski definition) is 1. The van der Waals surface area contributed by atoms with Gasteiger partial charge in [-0.25, -0.2) is 4.98 Å². The van der Waals surface area contributed by atoms with Gasteiger partial charge in [-0.05, 0) is 38.1 Å². The van der Waals surface area contributed by atoms with Gasteiger partial charge in [0.25, 0.3) is 0 Å². The molecule has 1 aromatic carbocycles. The molecule has 0 bridgehead atoms. The van der Waals surface area contributed by atoms with Crippen molar-refractivity contribution in [3.63, 3.8) is 0 Å². The van der Waals surface area contributed by atoms with Gasteiger partial charge < -0.3 is 10.6 Å². The minimum absolute atomic E-state index is 0.549. The number of nitrogens with two attached hydrogens (primary N) is 1. The van der Waals surface area contributed by atoms with Crippen LogP contribution in [0.1, 0.15) is 12.5 Å².